The van der Waals surface area contributed by atoms with E-state index in [-0.39, 0.29) is 11.3 Å². The van der Waals surface area contributed by atoms with Crippen molar-refractivity contribution in [1.82, 2.24) is 5.32 Å². The molecule has 0 unspecified atom stereocenters. The SMILES string of the molecule is CCCCCCCOc1ccc(/C=C/[C@]23NC(=O)CN2c2ccc(C)cc2C3(C)C)cc1OC. The van der Waals surface area contributed by atoms with Gasteiger partial charge in [-0.15, -0.1) is 0 Å². The smallest absolute Gasteiger partial charge is 0.241 e. The quantitative estimate of drug-likeness (QED) is 0.441. The van der Waals surface area contributed by atoms with Crippen LogP contribution in [0.5, 0.6) is 11.5 Å². The van der Waals surface area contributed by atoms with Crippen LogP contribution in [-0.4, -0.2) is 31.8 Å². The predicted octanol–water partition coefficient (Wildman–Crippen LogP) is 5.99. The van der Waals surface area contributed by atoms with E-state index in [9.17, 15) is 4.79 Å². The van der Waals surface area contributed by atoms with E-state index in [1.807, 2.05) is 18.2 Å². The molecule has 4 rings (SSSR count). The van der Waals surface area contributed by atoms with Crippen LogP contribution in [0.25, 0.3) is 6.08 Å². The van der Waals surface area contributed by atoms with Crippen molar-refractivity contribution in [2.24, 2.45) is 0 Å². The van der Waals surface area contributed by atoms with Crippen molar-refractivity contribution >= 4 is 17.7 Å². The Morgan fingerprint density at radius 3 is 2.62 bits per heavy atom. The maximum Gasteiger partial charge on any atom is 0.241 e. The van der Waals surface area contributed by atoms with Crippen LogP contribution in [0.2, 0.25) is 0 Å². The van der Waals surface area contributed by atoms with Crippen LogP contribution in [-0.2, 0) is 10.2 Å². The lowest BCUT2D eigenvalue weighted by atomic mass is 9.75. The summed E-state index contributed by atoms with van der Waals surface area (Å²) in [5.74, 6) is 1.54. The Kier molecular flexibility index (Phi) is 6.92. The molecule has 2 heterocycles. The molecule has 1 saturated heterocycles. The molecule has 2 aromatic rings. The number of nitrogens with zero attached hydrogens (tertiary/aromatic N) is 1. The first-order valence-corrected chi connectivity index (χ1v) is 12.5. The summed E-state index contributed by atoms with van der Waals surface area (Å²) in [4.78, 5) is 14.7. The molecular formula is C29H38N2O3. The van der Waals surface area contributed by atoms with Gasteiger partial charge in [-0.1, -0.05) is 76.3 Å². The molecule has 182 valence electrons. The van der Waals surface area contributed by atoms with Gasteiger partial charge < -0.3 is 19.7 Å². The minimum Gasteiger partial charge on any atom is -0.493 e. The number of carbonyl (C=O) groups is 1. The summed E-state index contributed by atoms with van der Waals surface area (Å²) in [6.45, 7) is 9.81. The third-order valence-electron chi connectivity index (χ3n) is 7.34. The topological polar surface area (TPSA) is 50.8 Å². The number of methoxy groups -OCH3 is 1. The van der Waals surface area contributed by atoms with Gasteiger partial charge in [-0.25, -0.2) is 0 Å². The summed E-state index contributed by atoms with van der Waals surface area (Å²) in [7, 11) is 1.67. The lowest BCUT2D eigenvalue weighted by Crippen LogP contribution is -2.58. The maximum absolute atomic E-state index is 12.5. The van der Waals surface area contributed by atoms with Crippen LogP contribution in [0.4, 0.5) is 5.69 Å². The Bertz CT molecular complexity index is 1080. The minimum atomic E-state index is -0.610. The average Bonchev–Trinajstić information content (AvgIpc) is 3.24. The number of hydrogen-bond donors (Lipinski definition) is 1. The summed E-state index contributed by atoms with van der Waals surface area (Å²) >= 11 is 0. The van der Waals surface area contributed by atoms with Crippen LogP contribution in [0.3, 0.4) is 0 Å². The fraction of sp³-hybridized carbons (Fsp3) is 0.483. The fourth-order valence-electron chi connectivity index (χ4n) is 5.30. The maximum atomic E-state index is 12.5. The van der Waals surface area contributed by atoms with Crippen molar-refractivity contribution in [2.75, 3.05) is 25.2 Å². The molecule has 0 aromatic heterocycles. The highest BCUT2D eigenvalue weighted by Crippen LogP contribution is 2.53. The molecule has 34 heavy (non-hydrogen) atoms. The van der Waals surface area contributed by atoms with Gasteiger partial charge >= 0.3 is 0 Å². The lowest BCUT2D eigenvalue weighted by Gasteiger charge is -2.40. The third kappa shape index (κ3) is 4.28. The number of aryl methyl sites for hydroxylation is 1. The standard InChI is InChI=1S/C29H38N2O3/c1-6-7-8-9-10-17-34-25-14-12-22(19-26(25)33-5)15-16-29-28(3,4)23-18-21(2)11-13-24(23)31(29)20-27(32)30-29/h11-16,18-19H,6-10,17,20H2,1-5H3,(H,30,32)/b16-15+/t29-/m0/s1. The van der Waals surface area contributed by atoms with Crippen LogP contribution < -0.4 is 19.7 Å². The van der Waals surface area contributed by atoms with Crippen LogP contribution in [0.15, 0.2) is 42.5 Å². The van der Waals surface area contributed by atoms with Crippen LogP contribution in [0.1, 0.15) is 69.6 Å². The van der Waals surface area contributed by atoms with Crippen molar-refractivity contribution in [2.45, 2.75) is 70.9 Å². The molecule has 2 aliphatic heterocycles. The average molecular weight is 463 g/mol. The number of fused-ring (bicyclic) bond motifs is 3. The van der Waals surface area contributed by atoms with E-state index >= 15 is 0 Å². The van der Waals surface area contributed by atoms with Gasteiger partial charge in [0.05, 0.1) is 20.3 Å². The number of benzene rings is 2. The Morgan fingerprint density at radius 1 is 1.06 bits per heavy atom. The molecule has 5 heteroatoms. The van der Waals surface area contributed by atoms with Crippen molar-refractivity contribution in [1.29, 1.82) is 0 Å². The predicted molar refractivity (Wildman–Crippen MR) is 139 cm³/mol. The van der Waals surface area contributed by atoms with Gasteiger partial charge in [0.2, 0.25) is 5.91 Å². The lowest BCUT2D eigenvalue weighted by molar-refractivity contribution is -0.118. The first kappa shape index (κ1) is 24.2. The number of carbonyl (C=O) groups excluding carboxylic acids is 1. The van der Waals surface area contributed by atoms with Crippen molar-refractivity contribution in [3.63, 3.8) is 0 Å². The fourth-order valence-corrected chi connectivity index (χ4v) is 5.30. The van der Waals surface area contributed by atoms with Gasteiger partial charge in [0.15, 0.2) is 11.5 Å². The first-order valence-electron chi connectivity index (χ1n) is 12.5. The molecule has 0 aliphatic carbocycles. The molecule has 0 saturated carbocycles. The zero-order valence-corrected chi connectivity index (χ0v) is 21.2. The highest BCUT2D eigenvalue weighted by molar-refractivity contribution is 5.91. The molecule has 1 fully saturated rings. The normalized spacial score (nSPS) is 20.4. The molecular weight excluding hydrogens is 424 g/mol. The molecule has 2 aliphatic rings. The number of unbranched alkanes of at least 4 members (excludes halogenated alkanes) is 4. The summed E-state index contributed by atoms with van der Waals surface area (Å²) in [6, 6.07) is 12.5. The Morgan fingerprint density at radius 2 is 1.85 bits per heavy atom. The molecule has 0 bridgehead atoms. The summed E-state index contributed by atoms with van der Waals surface area (Å²) in [5.41, 5.74) is 3.72. The Balaban J connectivity index is 1.55. The second-order valence-corrected chi connectivity index (χ2v) is 10.1. The molecule has 2 aromatic carbocycles. The summed E-state index contributed by atoms with van der Waals surface area (Å²) in [6.07, 6.45) is 10.2. The van der Waals surface area contributed by atoms with Crippen molar-refractivity contribution < 1.29 is 14.3 Å². The second-order valence-electron chi connectivity index (χ2n) is 10.1. The molecule has 1 N–H and O–H groups in total. The van der Waals surface area contributed by atoms with Gasteiger partial charge in [-0.3, -0.25) is 4.79 Å². The zero-order valence-electron chi connectivity index (χ0n) is 21.2. The van der Waals surface area contributed by atoms with Crippen molar-refractivity contribution in [3.05, 3.63) is 59.2 Å². The van der Waals surface area contributed by atoms with Gasteiger partial charge in [-0.2, -0.15) is 0 Å². The molecule has 5 nitrogen and oxygen atoms in total. The number of anilines is 1. The van der Waals surface area contributed by atoms with E-state index in [4.69, 9.17) is 9.47 Å². The highest BCUT2D eigenvalue weighted by Gasteiger charge is 2.59. The highest BCUT2D eigenvalue weighted by atomic mass is 16.5. The number of amides is 1. The van der Waals surface area contributed by atoms with E-state index in [0.717, 1.165) is 29.2 Å². The zero-order chi connectivity index (χ0) is 24.3. The molecule has 0 radical (unpaired) electrons. The largest absolute Gasteiger partial charge is 0.493 e. The van der Waals surface area contributed by atoms with E-state index in [1.54, 1.807) is 7.11 Å². The summed E-state index contributed by atoms with van der Waals surface area (Å²) < 4.78 is 11.6. The van der Waals surface area contributed by atoms with Gasteiger partial charge in [0, 0.05) is 11.1 Å². The Labute approximate surface area is 204 Å². The monoisotopic (exact) mass is 462 g/mol. The van der Waals surface area contributed by atoms with Gasteiger partial charge in [0.25, 0.3) is 0 Å². The number of ether oxygens (including phenoxy) is 2. The van der Waals surface area contributed by atoms with E-state index in [1.165, 1.54) is 36.8 Å². The minimum absolute atomic E-state index is 0.0456. The number of nitrogens with one attached hydrogen (secondary N) is 1. The summed E-state index contributed by atoms with van der Waals surface area (Å²) in [5, 5.41) is 3.29. The molecule has 1 amide bonds. The van der Waals surface area contributed by atoms with Gasteiger partial charge in [-0.05, 0) is 48.7 Å². The van der Waals surface area contributed by atoms with Crippen molar-refractivity contribution in [3.8, 4) is 11.5 Å². The number of hydrogen-bond acceptors (Lipinski definition) is 4. The van der Waals surface area contributed by atoms with Crippen LogP contribution >= 0.6 is 0 Å². The first-order chi connectivity index (χ1) is 16.3. The molecule has 1 atom stereocenters. The second kappa shape index (κ2) is 9.73. The van der Waals surface area contributed by atoms with E-state index < -0.39 is 5.66 Å². The van der Waals surface area contributed by atoms with Gasteiger partial charge in [0.1, 0.15) is 5.66 Å². The third-order valence-corrected chi connectivity index (χ3v) is 7.34. The molecule has 0 spiro atoms. The van der Waals surface area contributed by atoms with E-state index in [2.05, 4.69) is 68.3 Å². The number of rotatable bonds is 10. The van der Waals surface area contributed by atoms with Crippen LogP contribution in [0, 0.1) is 6.92 Å². The Hall–Kier alpha value is -2.95. The van der Waals surface area contributed by atoms with E-state index in [0.29, 0.717) is 13.2 Å².